The minimum absolute atomic E-state index is 0.0647. The average Bonchev–Trinajstić information content (AvgIpc) is 3.50. The van der Waals surface area contributed by atoms with E-state index in [4.69, 9.17) is 9.72 Å². The number of ether oxygens (including phenoxy) is 1. The Morgan fingerprint density at radius 1 is 1.03 bits per heavy atom. The molecular formula is C34H41N3O2. The quantitative estimate of drug-likeness (QED) is 0.188. The summed E-state index contributed by atoms with van der Waals surface area (Å²) in [4.78, 5) is 20.1. The molecule has 1 atom stereocenters. The zero-order valence-corrected chi connectivity index (χ0v) is 23.8. The second kappa shape index (κ2) is 12.1. The Morgan fingerprint density at radius 2 is 1.82 bits per heavy atom. The summed E-state index contributed by atoms with van der Waals surface area (Å²) in [6, 6.07) is 23.3. The number of aryl methyl sites for hydroxylation is 3. The second-order valence-electron chi connectivity index (χ2n) is 11.2. The molecule has 1 fully saturated rings. The van der Waals surface area contributed by atoms with Gasteiger partial charge < -0.3 is 14.2 Å². The third-order valence-corrected chi connectivity index (χ3v) is 7.82. The summed E-state index contributed by atoms with van der Waals surface area (Å²) >= 11 is 0. The normalized spacial score (nSPS) is 15.6. The van der Waals surface area contributed by atoms with Crippen LogP contribution in [0.25, 0.3) is 11.0 Å². The van der Waals surface area contributed by atoms with Crippen LogP contribution in [-0.2, 0) is 17.8 Å². The van der Waals surface area contributed by atoms with E-state index in [1.165, 1.54) is 29.5 Å². The average molecular weight is 524 g/mol. The van der Waals surface area contributed by atoms with E-state index in [1.54, 1.807) is 0 Å². The Kier molecular flexibility index (Phi) is 8.35. The molecule has 3 aromatic carbocycles. The van der Waals surface area contributed by atoms with Gasteiger partial charge in [0.25, 0.3) is 0 Å². The number of carbonyl (C=O) groups excluding carboxylic acids is 1. The maximum Gasteiger partial charge on any atom is 0.227 e. The first-order chi connectivity index (χ1) is 18.9. The number of hydrogen-bond donors (Lipinski definition) is 0. The SMILES string of the molecule is CCCCc1ccc(N2CC(c3nc4ccccc4n3CCCOc3cc(C)ccc3C(C)C)CC2=O)cc1. The molecule has 0 N–H and O–H groups in total. The van der Waals surface area contributed by atoms with Crippen molar-refractivity contribution in [1.29, 1.82) is 0 Å². The smallest absolute Gasteiger partial charge is 0.227 e. The summed E-state index contributed by atoms with van der Waals surface area (Å²) in [5, 5.41) is 0. The van der Waals surface area contributed by atoms with Crippen LogP contribution in [0.15, 0.2) is 66.7 Å². The van der Waals surface area contributed by atoms with Crippen molar-refractivity contribution < 1.29 is 9.53 Å². The number of hydrogen-bond acceptors (Lipinski definition) is 3. The Bertz CT molecular complexity index is 1420. The number of para-hydroxylation sites is 2. The zero-order valence-electron chi connectivity index (χ0n) is 23.8. The van der Waals surface area contributed by atoms with Gasteiger partial charge in [0.1, 0.15) is 11.6 Å². The molecule has 1 aliphatic heterocycles. The van der Waals surface area contributed by atoms with E-state index in [2.05, 4.69) is 92.9 Å². The monoisotopic (exact) mass is 523 g/mol. The maximum atomic E-state index is 13.1. The lowest BCUT2D eigenvalue weighted by Crippen LogP contribution is -2.24. The van der Waals surface area contributed by atoms with E-state index in [9.17, 15) is 4.79 Å². The van der Waals surface area contributed by atoms with Crippen LogP contribution < -0.4 is 9.64 Å². The summed E-state index contributed by atoms with van der Waals surface area (Å²) in [5.74, 6) is 2.64. The largest absolute Gasteiger partial charge is 0.493 e. The molecule has 0 saturated carbocycles. The highest BCUT2D eigenvalue weighted by atomic mass is 16.5. The molecule has 204 valence electrons. The standard InChI is InChI=1S/C34H41N3O2/c1-5-6-10-26-14-16-28(17-15-26)37-23-27(22-33(37)38)34-35-30-11-7-8-12-31(30)36(34)19-9-20-39-32-21-25(4)13-18-29(32)24(2)3/h7-8,11-18,21,24,27H,5-6,9-10,19-20,22-23H2,1-4H3. The lowest BCUT2D eigenvalue weighted by atomic mass is 10.0. The molecule has 1 unspecified atom stereocenters. The second-order valence-corrected chi connectivity index (χ2v) is 11.2. The third kappa shape index (κ3) is 6.03. The fraction of sp³-hybridized carbons (Fsp3) is 0.412. The number of imidazole rings is 1. The van der Waals surface area contributed by atoms with Crippen LogP contribution in [0.4, 0.5) is 5.69 Å². The fourth-order valence-electron chi connectivity index (χ4n) is 5.64. The predicted octanol–water partition coefficient (Wildman–Crippen LogP) is 7.80. The summed E-state index contributed by atoms with van der Waals surface area (Å²) in [5.41, 5.74) is 6.88. The van der Waals surface area contributed by atoms with Gasteiger partial charge in [-0.2, -0.15) is 0 Å². The number of benzene rings is 3. The lowest BCUT2D eigenvalue weighted by molar-refractivity contribution is -0.117. The van der Waals surface area contributed by atoms with Gasteiger partial charge in [-0.1, -0.05) is 63.6 Å². The molecule has 1 amide bonds. The number of nitrogens with zero attached hydrogens (tertiary/aromatic N) is 3. The molecule has 5 nitrogen and oxygen atoms in total. The number of anilines is 1. The molecule has 0 spiro atoms. The molecular weight excluding hydrogens is 482 g/mol. The van der Waals surface area contributed by atoms with Gasteiger partial charge in [0.15, 0.2) is 0 Å². The minimum Gasteiger partial charge on any atom is -0.493 e. The molecule has 1 aliphatic rings. The Morgan fingerprint density at radius 3 is 2.59 bits per heavy atom. The van der Waals surface area contributed by atoms with Crippen molar-refractivity contribution in [2.75, 3.05) is 18.1 Å². The van der Waals surface area contributed by atoms with Crippen molar-refractivity contribution in [3.63, 3.8) is 0 Å². The number of unbranched alkanes of at least 4 members (excludes halogenated alkanes) is 1. The van der Waals surface area contributed by atoms with Crippen molar-refractivity contribution >= 4 is 22.6 Å². The molecule has 39 heavy (non-hydrogen) atoms. The van der Waals surface area contributed by atoms with Gasteiger partial charge in [0, 0.05) is 31.1 Å². The van der Waals surface area contributed by atoms with Crippen molar-refractivity contribution in [2.45, 2.75) is 78.2 Å². The van der Waals surface area contributed by atoms with Gasteiger partial charge in [0.2, 0.25) is 5.91 Å². The van der Waals surface area contributed by atoms with E-state index >= 15 is 0 Å². The van der Waals surface area contributed by atoms with Crippen LogP contribution in [0.1, 0.15) is 80.8 Å². The first-order valence-corrected chi connectivity index (χ1v) is 14.5. The Hall–Kier alpha value is -3.60. The first kappa shape index (κ1) is 27.0. The van der Waals surface area contributed by atoms with Gasteiger partial charge in [0.05, 0.1) is 17.6 Å². The maximum absolute atomic E-state index is 13.1. The molecule has 4 aromatic rings. The lowest BCUT2D eigenvalue weighted by Gasteiger charge is -2.18. The fourth-order valence-corrected chi connectivity index (χ4v) is 5.64. The van der Waals surface area contributed by atoms with E-state index in [-0.39, 0.29) is 11.8 Å². The highest BCUT2D eigenvalue weighted by molar-refractivity contribution is 5.96. The van der Waals surface area contributed by atoms with Gasteiger partial charge in [-0.3, -0.25) is 4.79 Å². The molecule has 5 rings (SSSR count). The summed E-state index contributed by atoms with van der Waals surface area (Å²) < 4.78 is 8.60. The summed E-state index contributed by atoms with van der Waals surface area (Å²) in [6.45, 7) is 10.8. The van der Waals surface area contributed by atoms with Gasteiger partial charge >= 0.3 is 0 Å². The van der Waals surface area contributed by atoms with E-state index in [0.717, 1.165) is 47.7 Å². The third-order valence-electron chi connectivity index (χ3n) is 7.82. The molecule has 0 aliphatic carbocycles. The van der Waals surface area contributed by atoms with Crippen LogP contribution in [0.3, 0.4) is 0 Å². The Balaban J connectivity index is 1.31. The zero-order chi connectivity index (χ0) is 27.4. The van der Waals surface area contributed by atoms with Gasteiger partial charge in [-0.25, -0.2) is 4.98 Å². The van der Waals surface area contributed by atoms with Crippen molar-refractivity contribution in [3.8, 4) is 5.75 Å². The van der Waals surface area contributed by atoms with Crippen LogP contribution in [0.2, 0.25) is 0 Å². The topological polar surface area (TPSA) is 47.4 Å². The van der Waals surface area contributed by atoms with Crippen molar-refractivity contribution in [3.05, 3.63) is 89.2 Å². The number of rotatable bonds is 11. The van der Waals surface area contributed by atoms with E-state index in [0.29, 0.717) is 25.5 Å². The van der Waals surface area contributed by atoms with Crippen molar-refractivity contribution in [2.24, 2.45) is 0 Å². The van der Waals surface area contributed by atoms with Crippen LogP contribution in [0, 0.1) is 6.92 Å². The molecule has 0 bridgehead atoms. The summed E-state index contributed by atoms with van der Waals surface area (Å²) in [6.07, 6.45) is 4.81. The highest BCUT2D eigenvalue weighted by Gasteiger charge is 2.34. The number of amides is 1. The number of carbonyl (C=O) groups is 1. The van der Waals surface area contributed by atoms with Crippen LogP contribution in [0.5, 0.6) is 5.75 Å². The van der Waals surface area contributed by atoms with E-state index < -0.39 is 0 Å². The first-order valence-electron chi connectivity index (χ1n) is 14.5. The molecule has 5 heteroatoms. The molecule has 0 radical (unpaired) electrons. The van der Waals surface area contributed by atoms with E-state index in [1.807, 2.05) is 11.0 Å². The summed E-state index contributed by atoms with van der Waals surface area (Å²) in [7, 11) is 0. The molecule has 1 saturated heterocycles. The predicted molar refractivity (Wildman–Crippen MR) is 160 cm³/mol. The van der Waals surface area contributed by atoms with Crippen molar-refractivity contribution in [1.82, 2.24) is 9.55 Å². The molecule has 1 aromatic heterocycles. The van der Waals surface area contributed by atoms with Gasteiger partial charge in [-0.15, -0.1) is 0 Å². The van der Waals surface area contributed by atoms with Crippen LogP contribution >= 0.6 is 0 Å². The Labute approximate surface area is 232 Å². The van der Waals surface area contributed by atoms with Gasteiger partial charge in [-0.05, 0) is 79.1 Å². The molecule has 2 heterocycles. The number of fused-ring (bicyclic) bond motifs is 1. The number of aromatic nitrogens is 2. The highest BCUT2D eigenvalue weighted by Crippen LogP contribution is 2.34. The minimum atomic E-state index is 0.0647. The van der Waals surface area contributed by atoms with Crippen LogP contribution in [-0.4, -0.2) is 28.6 Å².